The van der Waals surface area contributed by atoms with Crippen LogP contribution in [0.15, 0.2) is 17.0 Å². The van der Waals surface area contributed by atoms with Crippen LogP contribution in [0.4, 0.5) is 5.69 Å². The lowest BCUT2D eigenvalue weighted by Gasteiger charge is -2.11. The van der Waals surface area contributed by atoms with Crippen LogP contribution in [-0.4, -0.2) is 26.7 Å². The molecule has 0 heterocycles. The van der Waals surface area contributed by atoms with Crippen LogP contribution in [0, 0.1) is 6.92 Å². The van der Waals surface area contributed by atoms with E-state index in [9.17, 15) is 8.42 Å². The first-order valence-electron chi connectivity index (χ1n) is 5.04. The standard InChI is InChI=1S/C10H15ClN2O3S/c1-7-9(12)5-8(11)6-10(7)17(15,16)13-3-2-4-14/h5-6,13-14H,2-4,12H2,1H3. The molecule has 0 aliphatic carbocycles. The third-order valence-electron chi connectivity index (χ3n) is 2.28. The van der Waals surface area contributed by atoms with E-state index >= 15 is 0 Å². The highest BCUT2D eigenvalue weighted by atomic mass is 35.5. The fourth-order valence-electron chi connectivity index (χ4n) is 1.32. The van der Waals surface area contributed by atoms with Crippen molar-refractivity contribution >= 4 is 27.3 Å². The lowest BCUT2D eigenvalue weighted by molar-refractivity contribution is 0.289. The number of hydrogen-bond acceptors (Lipinski definition) is 4. The molecule has 0 saturated carbocycles. The molecular weight excluding hydrogens is 264 g/mol. The zero-order valence-corrected chi connectivity index (χ0v) is 11.0. The van der Waals surface area contributed by atoms with Crippen molar-refractivity contribution in [1.82, 2.24) is 4.72 Å². The average molecular weight is 279 g/mol. The molecule has 1 rings (SSSR count). The number of sulfonamides is 1. The smallest absolute Gasteiger partial charge is 0.240 e. The Balaban J connectivity index is 3.06. The van der Waals surface area contributed by atoms with Crippen LogP contribution in [-0.2, 0) is 10.0 Å². The van der Waals surface area contributed by atoms with Crippen molar-refractivity contribution in [2.24, 2.45) is 0 Å². The van der Waals surface area contributed by atoms with Gasteiger partial charge in [-0.25, -0.2) is 13.1 Å². The van der Waals surface area contributed by atoms with Gasteiger partial charge in [0.25, 0.3) is 0 Å². The molecule has 0 spiro atoms. The molecule has 7 heteroatoms. The fraction of sp³-hybridized carbons (Fsp3) is 0.400. The van der Waals surface area contributed by atoms with E-state index in [1.807, 2.05) is 0 Å². The summed E-state index contributed by atoms with van der Waals surface area (Å²) in [5, 5.41) is 8.87. The molecule has 0 aromatic heterocycles. The van der Waals surface area contributed by atoms with Gasteiger partial charge < -0.3 is 10.8 Å². The van der Waals surface area contributed by atoms with Crippen molar-refractivity contribution in [2.75, 3.05) is 18.9 Å². The Labute approximate surface area is 106 Å². The molecule has 96 valence electrons. The predicted octanol–water partition coefficient (Wildman–Crippen LogP) is 0.891. The fourth-order valence-corrected chi connectivity index (χ4v) is 2.98. The first-order chi connectivity index (χ1) is 7.88. The topological polar surface area (TPSA) is 92.4 Å². The summed E-state index contributed by atoms with van der Waals surface area (Å²) in [7, 11) is -3.63. The first-order valence-corrected chi connectivity index (χ1v) is 6.90. The van der Waals surface area contributed by atoms with Gasteiger partial charge in [-0.2, -0.15) is 0 Å². The van der Waals surface area contributed by atoms with Crippen LogP contribution >= 0.6 is 11.6 Å². The number of halogens is 1. The van der Waals surface area contributed by atoms with Gasteiger partial charge >= 0.3 is 0 Å². The number of nitrogen functional groups attached to an aromatic ring is 1. The lowest BCUT2D eigenvalue weighted by Crippen LogP contribution is -2.26. The minimum absolute atomic E-state index is 0.0699. The van der Waals surface area contributed by atoms with E-state index in [2.05, 4.69) is 4.72 Å². The molecule has 1 aromatic rings. The largest absolute Gasteiger partial charge is 0.398 e. The summed E-state index contributed by atoms with van der Waals surface area (Å²) in [6.45, 7) is 1.72. The van der Waals surface area contributed by atoms with Crippen molar-refractivity contribution < 1.29 is 13.5 Å². The summed E-state index contributed by atoms with van der Waals surface area (Å²) < 4.78 is 26.2. The normalized spacial score (nSPS) is 11.7. The van der Waals surface area contributed by atoms with Crippen molar-refractivity contribution in [3.8, 4) is 0 Å². The highest BCUT2D eigenvalue weighted by Gasteiger charge is 2.18. The number of nitrogens with one attached hydrogen (secondary N) is 1. The molecule has 0 amide bonds. The maximum Gasteiger partial charge on any atom is 0.240 e. The number of aliphatic hydroxyl groups excluding tert-OH is 1. The lowest BCUT2D eigenvalue weighted by atomic mass is 10.2. The minimum Gasteiger partial charge on any atom is -0.398 e. The molecule has 17 heavy (non-hydrogen) atoms. The summed E-state index contributed by atoms with van der Waals surface area (Å²) in [6, 6.07) is 2.86. The summed E-state index contributed by atoms with van der Waals surface area (Å²) in [6.07, 6.45) is 0.355. The number of rotatable bonds is 5. The van der Waals surface area contributed by atoms with Crippen LogP contribution in [0.2, 0.25) is 5.02 Å². The van der Waals surface area contributed by atoms with Crippen molar-refractivity contribution in [1.29, 1.82) is 0 Å². The van der Waals surface area contributed by atoms with Crippen LogP contribution in [0.25, 0.3) is 0 Å². The van der Waals surface area contributed by atoms with Gasteiger partial charge in [0.15, 0.2) is 0 Å². The summed E-state index contributed by atoms with van der Waals surface area (Å²) in [5.74, 6) is 0. The molecule has 0 atom stereocenters. The molecule has 1 aromatic carbocycles. The third kappa shape index (κ3) is 3.57. The molecule has 0 radical (unpaired) electrons. The Bertz CT molecular complexity index is 503. The maximum absolute atomic E-state index is 11.9. The molecule has 0 bridgehead atoms. The Kier molecular flexibility index (Phi) is 4.76. The predicted molar refractivity (Wildman–Crippen MR) is 67.5 cm³/mol. The minimum atomic E-state index is -3.63. The van der Waals surface area contributed by atoms with Crippen LogP contribution in [0.3, 0.4) is 0 Å². The molecule has 0 aliphatic heterocycles. The van der Waals surface area contributed by atoms with Crippen LogP contribution in [0.1, 0.15) is 12.0 Å². The Hall–Kier alpha value is -0.820. The number of nitrogens with two attached hydrogens (primary N) is 1. The highest BCUT2D eigenvalue weighted by molar-refractivity contribution is 7.89. The first kappa shape index (κ1) is 14.2. The van der Waals surface area contributed by atoms with Crippen LogP contribution < -0.4 is 10.5 Å². The number of benzene rings is 1. The molecule has 0 aliphatic rings. The molecule has 0 fully saturated rings. The zero-order chi connectivity index (χ0) is 13.1. The van der Waals surface area contributed by atoms with Gasteiger partial charge in [0, 0.05) is 23.9 Å². The Morgan fingerprint density at radius 1 is 1.47 bits per heavy atom. The molecule has 5 nitrogen and oxygen atoms in total. The van der Waals surface area contributed by atoms with E-state index in [0.29, 0.717) is 17.7 Å². The summed E-state index contributed by atoms with van der Waals surface area (Å²) >= 11 is 5.78. The van der Waals surface area contributed by atoms with Gasteiger partial charge in [0.1, 0.15) is 0 Å². The van der Waals surface area contributed by atoms with Gasteiger partial charge in [0.05, 0.1) is 4.90 Å². The van der Waals surface area contributed by atoms with Crippen LogP contribution in [0.5, 0.6) is 0 Å². The molecule has 0 unspecified atom stereocenters. The summed E-state index contributed by atoms with van der Waals surface area (Å²) in [4.78, 5) is 0.0699. The van der Waals surface area contributed by atoms with Crippen molar-refractivity contribution in [2.45, 2.75) is 18.2 Å². The second-order valence-electron chi connectivity index (χ2n) is 3.59. The van der Waals surface area contributed by atoms with Crippen molar-refractivity contribution in [3.63, 3.8) is 0 Å². The molecular formula is C10H15ClN2O3S. The monoisotopic (exact) mass is 278 g/mol. The van der Waals surface area contributed by atoms with E-state index in [4.69, 9.17) is 22.4 Å². The van der Waals surface area contributed by atoms with E-state index in [0.717, 1.165) is 0 Å². The van der Waals surface area contributed by atoms with Gasteiger partial charge in [0.2, 0.25) is 10.0 Å². The zero-order valence-electron chi connectivity index (χ0n) is 9.40. The highest BCUT2D eigenvalue weighted by Crippen LogP contribution is 2.25. The van der Waals surface area contributed by atoms with Crippen molar-refractivity contribution in [3.05, 3.63) is 22.7 Å². The van der Waals surface area contributed by atoms with Gasteiger partial charge in [-0.05, 0) is 31.0 Å². The number of aliphatic hydroxyl groups is 1. The van der Waals surface area contributed by atoms with E-state index in [-0.39, 0.29) is 23.1 Å². The van der Waals surface area contributed by atoms with E-state index in [1.165, 1.54) is 12.1 Å². The number of hydrogen-bond donors (Lipinski definition) is 3. The second-order valence-corrected chi connectivity index (χ2v) is 5.76. The Morgan fingerprint density at radius 3 is 2.71 bits per heavy atom. The molecule has 0 saturated heterocycles. The van der Waals surface area contributed by atoms with E-state index < -0.39 is 10.0 Å². The Morgan fingerprint density at radius 2 is 2.12 bits per heavy atom. The second kappa shape index (κ2) is 5.68. The number of anilines is 1. The van der Waals surface area contributed by atoms with Gasteiger partial charge in [-0.3, -0.25) is 0 Å². The van der Waals surface area contributed by atoms with Gasteiger partial charge in [-0.15, -0.1) is 0 Å². The SMILES string of the molecule is Cc1c(N)cc(Cl)cc1S(=O)(=O)NCCCO. The average Bonchev–Trinajstić information content (AvgIpc) is 2.23. The molecule has 4 N–H and O–H groups in total. The van der Waals surface area contributed by atoms with E-state index in [1.54, 1.807) is 6.92 Å². The third-order valence-corrected chi connectivity index (χ3v) is 4.09. The maximum atomic E-state index is 11.9. The van der Waals surface area contributed by atoms with Gasteiger partial charge in [-0.1, -0.05) is 11.6 Å². The quantitative estimate of drug-likeness (QED) is 0.551. The summed E-state index contributed by atoms with van der Waals surface area (Å²) in [5.41, 5.74) is 6.45.